The molecule has 4 aromatic rings. The Morgan fingerprint density at radius 3 is 2.54 bits per heavy atom. The summed E-state index contributed by atoms with van der Waals surface area (Å²) in [5, 5.41) is 12.5. The monoisotopic (exact) mass is 324 g/mol. The fourth-order valence-corrected chi connectivity index (χ4v) is 2.58. The average molecular weight is 324 g/mol. The van der Waals surface area contributed by atoms with Gasteiger partial charge in [-0.3, -0.25) is 9.36 Å². The van der Waals surface area contributed by atoms with Crippen LogP contribution in [-0.2, 0) is 0 Å². The van der Waals surface area contributed by atoms with Crippen molar-refractivity contribution in [1.29, 1.82) is 0 Å². The molecule has 8 heteroatoms. The molecule has 0 fully saturated rings. The molecule has 0 aliphatic carbocycles. The molecule has 0 spiro atoms. The molecule has 4 rings (SSSR count). The van der Waals surface area contributed by atoms with Gasteiger partial charge in [-0.1, -0.05) is 12.1 Å². The van der Waals surface area contributed by atoms with Crippen LogP contribution in [0.3, 0.4) is 0 Å². The molecule has 24 heavy (non-hydrogen) atoms. The molecule has 0 radical (unpaired) electrons. The number of benzene rings is 1. The molecule has 1 aromatic carbocycles. The average Bonchev–Trinajstić information content (AvgIpc) is 3.00. The first-order chi connectivity index (χ1) is 11.6. The highest BCUT2D eigenvalue weighted by atomic mass is 19.1. The van der Waals surface area contributed by atoms with E-state index in [2.05, 4.69) is 20.3 Å². The molecule has 0 saturated carbocycles. The smallest absolute Gasteiger partial charge is 0.283 e. The summed E-state index contributed by atoms with van der Waals surface area (Å²) in [6.07, 6.45) is 3.09. The Kier molecular flexibility index (Phi) is 3.12. The molecule has 0 aliphatic heterocycles. The summed E-state index contributed by atoms with van der Waals surface area (Å²) in [5.41, 5.74) is 2.16. The van der Waals surface area contributed by atoms with Crippen LogP contribution in [0.4, 0.5) is 4.39 Å². The van der Waals surface area contributed by atoms with Gasteiger partial charge in [0, 0.05) is 11.6 Å². The number of aromatic nitrogens is 6. The third kappa shape index (κ3) is 2.07. The summed E-state index contributed by atoms with van der Waals surface area (Å²) in [7, 11) is 0. The fourth-order valence-electron chi connectivity index (χ4n) is 2.58. The van der Waals surface area contributed by atoms with E-state index in [0.29, 0.717) is 16.9 Å². The van der Waals surface area contributed by atoms with Crippen molar-refractivity contribution in [1.82, 2.24) is 29.4 Å². The molecule has 0 unspecified atom stereocenters. The zero-order chi connectivity index (χ0) is 16.8. The van der Waals surface area contributed by atoms with Crippen molar-refractivity contribution >= 4 is 16.8 Å². The summed E-state index contributed by atoms with van der Waals surface area (Å²) in [4.78, 5) is 16.8. The van der Waals surface area contributed by atoms with Gasteiger partial charge in [0.15, 0.2) is 16.8 Å². The minimum Gasteiger partial charge on any atom is -0.295 e. The molecule has 0 atom stereocenters. The van der Waals surface area contributed by atoms with E-state index in [4.69, 9.17) is 0 Å². The summed E-state index contributed by atoms with van der Waals surface area (Å²) in [6.45, 7) is 3.78. The van der Waals surface area contributed by atoms with E-state index in [0.717, 1.165) is 5.56 Å². The van der Waals surface area contributed by atoms with Gasteiger partial charge in [-0.2, -0.15) is 9.61 Å². The number of nitrogens with zero attached hydrogens (tertiary/aromatic N) is 6. The van der Waals surface area contributed by atoms with Crippen molar-refractivity contribution in [3.63, 3.8) is 0 Å². The Hall–Kier alpha value is -3.16. The van der Waals surface area contributed by atoms with Crippen molar-refractivity contribution < 1.29 is 4.39 Å². The van der Waals surface area contributed by atoms with Gasteiger partial charge < -0.3 is 0 Å². The summed E-state index contributed by atoms with van der Waals surface area (Å²) >= 11 is 0. The summed E-state index contributed by atoms with van der Waals surface area (Å²) in [5.74, 6) is -0.317. The normalized spacial score (nSPS) is 11.7. The highest BCUT2D eigenvalue weighted by Gasteiger charge is 2.15. The largest absolute Gasteiger partial charge is 0.295 e. The number of hydrogen-bond donors (Lipinski definition) is 0. The maximum Gasteiger partial charge on any atom is 0.283 e. The zero-order valence-corrected chi connectivity index (χ0v) is 13.0. The van der Waals surface area contributed by atoms with Crippen LogP contribution in [0.15, 0.2) is 41.6 Å². The van der Waals surface area contributed by atoms with Crippen molar-refractivity contribution in [2.24, 2.45) is 0 Å². The van der Waals surface area contributed by atoms with Crippen LogP contribution in [0.2, 0.25) is 0 Å². The van der Waals surface area contributed by atoms with Crippen LogP contribution in [-0.4, -0.2) is 29.4 Å². The highest BCUT2D eigenvalue weighted by Crippen LogP contribution is 2.24. The molecule has 0 bridgehead atoms. The Morgan fingerprint density at radius 2 is 1.83 bits per heavy atom. The van der Waals surface area contributed by atoms with E-state index in [1.54, 1.807) is 18.3 Å². The summed E-state index contributed by atoms with van der Waals surface area (Å²) < 4.78 is 16.1. The zero-order valence-electron chi connectivity index (χ0n) is 13.0. The van der Waals surface area contributed by atoms with Gasteiger partial charge in [-0.05, 0) is 31.5 Å². The highest BCUT2D eigenvalue weighted by molar-refractivity contribution is 5.80. The van der Waals surface area contributed by atoms with Gasteiger partial charge in [-0.15, -0.1) is 10.2 Å². The number of halogens is 1. The van der Waals surface area contributed by atoms with Crippen molar-refractivity contribution in [3.05, 3.63) is 53.0 Å². The standard InChI is InChI=1S/C16H13FN6O/c1-9(2)22-8-18-15-13(16(22)24)20-21-14-12(7-19-23(14)15)10-3-5-11(17)6-4-10/h3-9H,1-2H3. The topological polar surface area (TPSA) is 78.0 Å². The Morgan fingerprint density at radius 1 is 1.08 bits per heavy atom. The van der Waals surface area contributed by atoms with Crippen molar-refractivity contribution in [2.45, 2.75) is 19.9 Å². The van der Waals surface area contributed by atoms with Crippen LogP contribution < -0.4 is 5.56 Å². The molecule has 0 saturated heterocycles. The first-order valence-electron chi connectivity index (χ1n) is 7.43. The Labute approximate surface area is 135 Å². The third-order valence-electron chi connectivity index (χ3n) is 3.85. The lowest BCUT2D eigenvalue weighted by atomic mass is 10.1. The Balaban J connectivity index is 1.99. The second kappa shape index (κ2) is 5.19. The van der Waals surface area contributed by atoms with Crippen LogP contribution in [0.1, 0.15) is 19.9 Å². The minimum absolute atomic E-state index is 0.0284. The lowest BCUT2D eigenvalue weighted by molar-refractivity contribution is 0.570. The van der Waals surface area contributed by atoms with Crippen LogP contribution in [0, 0.1) is 5.82 Å². The predicted molar refractivity (Wildman–Crippen MR) is 86.1 cm³/mol. The minimum atomic E-state index is -0.317. The van der Waals surface area contributed by atoms with Crippen molar-refractivity contribution in [3.8, 4) is 11.1 Å². The molecule has 3 heterocycles. The quantitative estimate of drug-likeness (QED) is 0.565. The maximum absolute atomic E-state index is 13.1. The molecule has 0 N–H and O–H groups in total. The second-order valence-electron chi connectivity index (χ2n) is 5.72. The second-order valence-corrected chi connectivity index (χ2v) is 5.72. The van der Waals surface area contributed by atoms with Gasteiger partial charge in [0.2, 0.25) is 0 Å². The fraction of sp³-hybridized carbons (Fsp3) is 0.188. The maximum atomic E-state index is 13.1. The van der Waals surface area contributed by atoms with Gasteiger partial charge in [0.05, 0.1) is 6.20 Å². The lowest BCUT2D eigenvalue weighted by Crippen LogP contribution is -2.24. The first-order valence-corrected chi connectivity index (χ1v) is 7.43. The van der Waals surface area contributed by atoms with Crippen LogP contribution in [0.5, 0.6) is 0 Å². The number of rotatable bonds is 2. The number of fused-ring (bicyclic) bond motifs is 3. The molecule has 3 aromatic heterocycles. The van der Waals surface area contributed by atoms with E-state index < -0.39 is 0 Å². The van der Waals surface area contributed by atoms with E-state index >= 15 is 0 Å². The van der Waals surface area contributed by atoms with Gasteiger partial charge in [0.25, 0.3) is 5.56 Å². The molecular weight excluding hydrogens is 311 g/mol. The van der Waals surface area contributed by atoms with Gasteiger partial charge in [0.1, 0.15) is 12.1 Å². The molecule has 0 amide bonds. The molecule has 120 valence electrons. The number of hydrogen-bond acceptors (Lipinski definition) is 5. The molecule has 0 aliphatic rings. The molecular formula is C16H13FN6O. The van der Waals surface area contributed by atoms with Crippen LogP contribution in [0.25, 0.3) is 27.9 Å². The third-order valence-corrected chi connectivity index (χ3v) is 3.85. The van der Waals surface area contributed by atoms with Gasteiger partial charge >= 0.3 is 0 Å². The SMILES string of the molecule is CC(C)n1cnc2c(nnc3c(-c4ccc(F)cc4)cnn32)c1=O. The van der Waals surface area contributed by atoms with Gasteiger partial charge in [-0.25, -0.2) is 9.37 Å². The van der Waals surface area contributed by atoms with Crippen LogP contribution >= 0.6 is 0 Å². The van der Waals surface area contributed by atoms with E-state index in [1.165, 1.54) is 27.5 Å². The predicted octanol–water partition coefficient (Wildman–Crippen LogP) is 2.22. The first kappa shape index (κ1) is 14.4. The Bertz CT molecular complexity index is 1110. The van der Waals surface area contributed by atoms with E-state index in [-0.39, 0.29) is 22.9 Å². The molecule has 7 nitrogen and oxygen atoms in total. The summed E-state index contributed by atoms with van der Waals surface area (Å²) in [6, 6.07) is 5.99. The van der Waals surface area contributed by atoms with E-state index in [9.17, 15) is 9.18 Å². The van der Waals surface area contributed by atoms with Crippen molar-refractivity contribution in [2.75, 3.05) is 0 Å². The lowest BCUT2D eigenvalue weighted by Gasteiger charge is -2.09. The van der Waals surface area contributed by atoms with E-state index in [1.807, 2.05) is 13.8 Å².